The van der Waals surface area contributed by atoms with E-state index in [2.05, 4.69) is 27.7 Å². The third kappa shape index (κ3) is 12.2. The molecule has 1 N–H and O–H groups in total. The smallest absolute Gasteiger partial charge is 0.306 e. The summed E-state index contributed by atoms with van der Waals surface area (Å²) in [6, 6.07) is 4.06. The first-order valence-corrected chi connectivity index (χ1v) is 12.7. The molecule has 0 heterocycles. The van der Waals surface area contributed by atoms with Crippen molar-refractivity contribution in [3.05, 3.63) is 28.8 Å². The number of phenols is 1. The van der Waals surface area contributed by atoms with Gasteiger partial charge in [-0.1, -0.05) is 110 Å². The molecule has 1 rings (SSSR count). The topological polar surface area (TPSA) is 46.5 Å². The normalized spacial score (nSPS) is 11.6. The summed E-state index contributed by atoms with van der Waals surface area (Å²) in [5.74, 6) is 0.142. The zero-order chi connectivity index (χ0) is 23.1. The van der Waals surface area contributed by atoms with Gasteiger partial charge >= 0.3 is 5.97 Å². The Morgan fingerprint density at radius 1 is 0.871 bits per heavy atom. The highest BCUT2D eigenvalue weighted by atomic mass is 16.5. The molecule has 178 valence electrons. The first kappa shape index (κ1) is 27.5. The van der Waals surface area contributed by atoms with Crippen LogP contribution in [-0.4, -0.2) is 17.7 Å². The zero-order valence-corrected chi connectivity index (χ0v) is 21.0. The summed E-state index contributed by atoms with van der Waals surface area (Å²) in [6.07, 6.45) is 16.5. The van der Waals surface area contributed by atoms with Gasteiger partial charge in [-0.3, -0.25) is 4.79 Å². The summed E-state index contributed by atoms with van der Waals surface area (Å²) in [6.45, 7) is 11.2. The predicted molar refractivity (Wildman–Crippen MR) is 132 cm³/mol. The monoisotopic (exact) mass is 432 g/mol. The number of hydrogen-bond acceptors (Lipinski definition) is 3. The molecule has 1 aromatic carbocycles. The molecule has 0 radical (unpaired) electrons. The fourth-order valence-corrected chi connectivity index (χ4v) is 3.91. The van der Waals surface area contributed by atoms with Crippen molar-refractivity contribution >= 4 is 5.97 Å². The summed E-state index contributed by atoms with van der Waals surface area (Å²) in [4.78, 5) is 12.1. The summed E-state index contributed by atoms with van der Waals surface area (Å²) in [5, 5.41) is 10.3. The van der Waals surface area contributed by atoms with Gasteiger partial charge in [0, 0.05) is 6.42 Å². The van der Waals surface area contributed by atoms with Crippen LogP contribution in [0.4, 0.5) is 0 Å². The van der Waals surface area contributed by atoms with Gasteiger partial charge in [0.2, 0.25) is 0 Å². The lowest BCUT2D eigenvalue weighted by molar-refractivity contribution is -0.143. The van der Waals surface area contributed by atoms with Crippen molar-refractivity contribution in [3.63, 3.8) is 0 Å². The van der Waals surface area contributed by atoms with E-state index in [9.17, 15) is 9.90 Å². The molecule has 0 spiro atoms. The SMILES string of the molecule is CCCCCCCCCCCCCCOC(=O)CCc1cc(C(C)(C)C)cc(C)c1O. The Kier molecular flexibility index (Phi) is 13.6. The molecule has 0 aliphatic rings. The van der Waals surface area contributed by atoms with Crippen LogP contribution >= 0.6 is 0 Å². The number of rotatable bonds is 16. The molecule has 0 unspecified atom stereocenters. The van der Waals surface area contributed by atoms with Crippen LogP contribution in [0, 0.1) is 6.92 Å². The van der Waals surface area contributed by atoms with Gasteiger partial charge in [-0.25, -0.2) is 0 Å². The van der Waals surface area contributed by atoms with E-state index in [1.54, 1.807) is 0 Å². The Morgan fingerprint density at radius 3 is 1.90 bits per heavy atom. The van der Waals surface area contributed by atoms with Crippen LogP contribution in [0.1, 0.15) is 128 Å². The van der Waals surface area contributed by atoms with Gasteiger partial charge in [-0.15, -0.1) is 0 Å². The second-order valence-corrected chi connectivity index (χ2v) is 10.2. The van der Waals surface area contributed by atoms with Gasteiger partial charge in [0.1, 0.15) is 5.75 Å². The minimum Gasteiger partial charge on any atom is -0.507 e. The fourth-order valence-electron chi connectivity index (χ4n) is 3.91. The largest absolute Gasteiger partial charge is 0.507 e. The van der Waals surface area contributed by atoms with Gasteiger partial charge in [0.15, 0.2) is 0 Å². The Morgan fingerprint density at radius 2 is 1.39 bits per heavy atom. The number of carbonyl (C=O) groups is 1. The average Bonchev–Trinajstić information content (AvgIpc) is 2.71. The first-order chi connectivity index (χ1) is 14.8. The number of unbranched alkanes of at least 4 members (excludes halogenated alkanes) is 11. The summed E-state index contributed by atoms with van der Waals surface area (Å²) in [5.41, 5.74) is 2.91. The molecule has 0 aromatic heterocycles. The average molecular weight is 433 g/mol. The lowest BCUT2D eigenvalue weighted by Gasteiger charge is -2.21. The van der Waals surface area contributed by atoms with E-state index in [-0.39, 0.29) is 11.4 Å². The molecule has 0 atom stereocenters. The van der Waals surface area contributed by atoms with E-state index in [0.717, 1.165) is 24.0 Å². The van der Waals surface area contributed by atoms with Crippen LogP contribution in [-0.2, 0) is 21.4 Å². The van der Waals surface area contributed by atoms with Crippen LogP contribution < -0.4 is 0 Å². The van der Waals surface area contributed by atoms with Gasteiger partial charge in [0.25, 0.3) is 0 Å². The molecule has 0 aliphatic carbocycles. The van der Waals surface area contributed by atoms with E-state index >= 15 is 0 Å². The van der Waals surface area contributed by atoms with Crippen molar-refractivity contribution < 1.29 is 14.6 Å². The third-order valence-electron chi connectivity index (χ3n) is 6.10. The van der Waals surface area contributed by atoms with Crippen LogP contribution in [0.5, 0.6) is 5.75 Å². The third-order valence-corrected chi connectivity index (χ3v) is 6.10. The maximum atomic E-state index is 12.1. The van der Waals surface area contributed by atoms with E-state index < -0.39 is 0 Å². The van der Waals surface area contributed by atoms with Crippen molar-refractivity contribution in [1.29, 1.82) is 0 Å². The van der Waals surface area contributed by atoms with Crippen LogP contribution in [0.2, 0.25) is 0 Å². The number of ether oxygens (including phenoxy) is 1. The highest BCUT2D eigenvalue weighted by Gasteiger charge is 2.18. The summed E-state index contributed by atoms with van der Waals surface area (Å²) < 4.78 is 5.40. The molecule has 0 bridgehead atoms. The van der Waals surface area contributed by atoms with Gasteiger partial charge < -0.3 is 9.84 Å². The molecule has 0 saturated carbocycles. The molecular formula is C28H48O3. The maximum Gasteiger partial charge on any atom is 0.306 e. The molecular weight excluding hydrogens is 384 g/mol. The van der Waals surface area contributed by atoms with E-state index in [1.165, 1.54) is 69.8 Å². The van der Waals surface area contributed by atoms with Gasteiger partial charge in [0.05, 0.1) is 6.61 Å². The van der Waals surface area contributed by atoms with Crippen LogP contribution in [0.25, 0.3) is 0 Å². The van der Waals surface area contributed by atoms with E-state index in [0.29, 0.717) is 25.2 Å². The second kappa shape index (κ2) is 15.3. The van der Waals surface area contributed by atoms with Crippen molar-refractivity contribution in [1.82, 2.24) is 0 Å². The summed E-state index contributed by atoms with van der Waals surface area (Å²) in [7, 11) is 0. The molecule has 1 aromatic rings. The number of aromatic hydroxyl groups is 1. The Bertz CT molecular complexity index is 628. The highest BCUT2D eigenvalue weighted by Crippen LogP contribution is 2.31. The minimum absolute atomic E-state index is 0.0162. The van der Waals surface area contributed by atoms with E-state index in [1.807, 2.05) is 19.1 Å². The number of hydrogen-bond donors (Lipinski definition) is 1. The Hall–Kier alpha value is -1.51. The molecule has 3 heteroatoms. The second-order valence-electron chi connectivity index (χ2n) is 10.2. The lowest BCUT2D eigenvalue weighted by Crippen LogP contribution is -2.12. The van der Waals surface area contributed by atoms with Gasteiger partial charge in [-0.05, 0) is 41.9 Å². The van der Waals surface area contributed by atoms with Crippen molar-refractivity contribution in [2.75, 3.05) is 6.61 Å². The molecule has 0 aliphatic heterocycles. The zero-order valence-electron chi connectivity index (χ0n) is 21.0. The minimum atomic E-state index is -0.165. The van der Waals surface area contributed by atoms with Gasteiger partial charge in [-0.2, -0.15) is 0 Å². The van der Waals surface area contributed by atoms with Crippen molar-refractivity contribution in [2.24, 2.45) is 0 Å². The lowest BCUT2D eigenvalue weighted by atomic mass is 9.84. The van der Waals surface area contributed by atoms with Crippen LogP contribution in [0.15, 0.2) is 12.1 Å². The molecule has 0 amide bonds. The number of esters is 1. The van der Waals surface area contributed by atoms with E-state index in [4.69, 9.17) is 4.74 Å². The predicted octanol–water partition coefficient (Wildman–Crippen LogP) is 8.18. The number of aryl methyl sites for hydroxylation is 2. The number of carbonyl (C=O) groups excluding carboxylic acids is 1. The Labute approximate surface area is 192 Å². The fraction of sp³-hybridized carbons (Fsp3) is 0.750. The quantitative estimate of drug-likeness (QED) is 0.212. The Balaban J connectivity index is 2.11. The molecule has 31 heavy (non-hydrogen) atoms. The standard InChI is InChI=1S/C28H48O3/c1-6-7-8-9-10-11-12-13-14-15-16-17-20-31-26(29)19-18-24-22-25(28(3,4)5)21-23(2)27(24)30/h21-22,30H,6-20H2,1-5H3. The van der Waals surface area contributed by atoms with Crippen molar-refractivity contribution in [2.45, 2.75) is 130 Å². The van der Waals surface area contributed by atoms with Crippen LogP contribution in [0.3, 0.4) is 0 Å². The number of benzene rings is 1. The first-order valence-electron chi connectivity index (χ1n) is 12.7. The number of phenolic OH excluding ortho intramolecular Hbond substituents is 1. The highest BCUT2D eigenvalue weighted by molar-refractivity contribution is 5.70. The van der Waals surface area contributed by atoms with Crippen molar-refractivity contribution in [3.8, 4) is 5.75 Å². The summed E-state index contributed by atoms with van der Waals surface area (Å²) >= 11 is 0. The molecule has 3 nitrogen and oxygen atoms in total. The molecule has 0 saturated heterocycles. The maximum absolute atomic E-state index is 12.1. The molecule has 0 fully saturated rings.